The van der Waals surface area contributed by atoms with Crippen LogP contribution in [0, 0.1) is 5.82 Å². The van der Waals surface area contributed by atoms with Crippen LogP contribution in [0.5, 0.6) is 5.88 Å². The van der Waals surface area contributed by atoms with Crippen molar-refractivity contribution in [2.24, 2.45) is 0 Å². The molecule has 3 rings (SSSR count). The Kier molecular flexibility index (Phi) is 4.58. The van der Waals surface area contributed by atoms with Crippen molar-refractivity contribution in [3.8, 4) is 5.88 Å². The molecule has 1 unspecified atom stereocenters. The Morgan fingerprint density at radius 1 is 1.27 bits per heavy atom. The lowest BCUT2D eigenvalue weighted by Crippen LogP contribution is -2.16. The predicted molar refractivity (Wildman–Crippen MR) is 84.9 cm³/mol. The molecule has 1 saturated heterocycles. The second-order valence-electron chi connectivity index (χ2n) is 4.95. The molecular formula is C16H15FN2O2S. The number of halogens is 1. The second-order valence-corrected chi connectivity index (χ2v) is 6.10. The minimum Gasteiger partial charge on any atom is -0.473 e. The van der Waals surface area contributed by atoms with Crippen molar-refractivity contribution >= 4 is 23.4 Å². The molecule has 22 heavy (non-hydrogen) atoms. The Bertz CT molecular complexity index is 640. The summed E-state index contributed by atoms with van der Waals surface area (Å²) in [7, 11) is 0. The maximum atomic E-state index is 12.8. The van der Waals surface area contributed by atoms with Crippen LogP contribution in [-0.2, 0) is 0 Å². The van der Waals surface area contributed by atoms with Crippen LogP contribution >= 0.6 is 11.8 Å². The molecule has 1 aromatic heterocycles. The molecular weight excluding hydrogens is 303 g/mol. The van der Waals surface area contributed by atoms with Crippen LogP contribution in [0.4, 0.5) is 10.1 Å². The summed E-state index contributed by atoms with van der Waals surface area (Å²) in [6.45, 7) is 0. The number of nitrogens with zero attached hydrogens (tertiary/aromatic N) is 1. The number of thioether (sulfide) groups is 1. The molecule has 1 aliphatic rings. The molecule has 1 atom stereocenters. The van der Waals surface area contributed by atoms with Gasteiger partial charge in [-0.3, -0.25) is 4.79 Å². The summed E-state index contributed by atoms with van der Waals surface area (Å²) in [6, 6.07) is 8.98. The maximum absolute atomic E-state index is 12.8. The zero-order valence-corrected chi connectivity index (χ0v) is 12.6. The van der Waals surface area contributed by atoms with Gasteiger partial charge in [-0.2, -0.15) is 11.8 Å². The van der Waals surface area contributed by atoms with Gasteiger partial charge in [-0.15, -0.1) is 0 Å². The zero-order chi connectivity index (χ0) is 15.4. The fourth-order valence-corrected chi connectivity index (χ4v) is 3.19. The number of carbonyl (C=O) groups is 1. The molecule has 114 valence electrons. The number of benzene rings is 1. The number of carbonyl (C=O) groups excluding carboxylic acids is 1. The van der Waals surface area contributed by atoms with Gasteiger partial charge in [-0.1, -0.05) is 0 Å². The van der Waals surface area contributed by atoms with Crippen LogP contribution in [0.25, 0.3) is 0 Å². The number of pyridine rings is 1. The summed E-state index contributed by atoms with van der Waals surface area (Å²) in [4.78, 5) is 16.2. The predicted octanol–water partition coefficient (Wildman–Crippen LogP) is 3.36. The van der Waals surface area contributed by atoms with Gasteiger partial charge in [-0.25, -0.2) is 9.37 Å². The Hall–Kier alpha value is -2.08. The highest BCUT2D eigenvalue weighted by molar-refractivity contribution is 7.99. The van der Waals surface area contributed by atoms with Gasteiger partial charge in [0.1, 0.15) is 11.9 Å². The van der Waals surface area contributed by atoms with E-state index in [-0.39, 0.29) is 17.8 Å². The van der Waals surface area contributed by atoms with Crippen LogP contribution in [0.2, 0.25) is 0 Å². The topological polar surface area (TPSA) is 51.2 Å². The van der Waals surface area contributed by atoms with Crippen molar-refractivity contribution < 1.29 is 13.9 Å². The van der Waals surface area contributed by atoms with Crippen LogP contribution in [0.3, 0.4) is 0 Å². The summed E-state index contributed by atoms with van der Waals surface area (Å²) in [6.07, 6.45) is 2.71. The molecule has 4 nitrogen and oxygen atoms in total. The SMILES string of the molecule is O=C(Nc1ccc(F)cc1)c1ccc(OC2CCSC2)nc1. The van der Waals surface area contributed by atoms with Gasteiger partial charge in [0.25, 0.3) is 5.91 Å². The van der Waals surface area contributed by atoms with Gasteiger partial charge < -0.3 is 10.1 Å². The number of amides is 1. The van der Waals surface area contributed by atoms with E-state index in [0.29, 0.717) is 17.1 Å². The maximum Gasteiger partial charge on any atom is 0.257 e. The number of anilines is 1. The van der Waals surface area contributed by atoms with Crippen LogP contribution < -0.4 is 10.1 Å². The van der Waals surface area contributed by atoms with Crippen LogP contribution in [-0.4, -0.2) is 28.5 Å². The summed E-state index contributed by atoms with van der Waals surface area (Å²) < 4.78 is 18.6. The van der Waals surface area contributed by atoms with Crippen LogP contribution in [0.1, 0.15) is 16.8 Å². The normalized spacial score (nSPS) is 17.2. The molecule has 0 spiro atoms. The van der Waals surface area contributed by atoms with Crippen molar-refractivity contribution in [3.63, 3.8) is 0 Å². The van der Waals surface area contributed by atoms with Crippen LogP contribution in [0.15, 0.2) is 42.6 Å². The molecule has 2 heterocycles. The van der Waals surface area contributed by atoms with E-state index in [1.165, 1.54) is 30.5 Å². The first-order chi connectivity index (χ1) is 10.7. The molecule has 2 aromatic rings. The standard InChI is InChI=1S/C16H15FN2O2S/c17-12-2-4-13(5-3-12)19-16(20)11-1-6-15(18-9-11)21-14-7-8-22-10-14/h1-6,9,14H,7-8,10H2,(H,19,20). The van der Waals surface area contributed by atoms with Gasteiger partial charge >= 0.3 is 0 Å². The third-order valence-electron chi connectivity index (χ3n) is 3.28. The average molecular weight is 318 g/mol. The fraction of sp³-hybridized carbons (Fsp3) is 0.250. The summed E-state index contributed by atoms with van der Waals surface area (Å²) in [5, 5.41) is 2.69. The highest BCUT2D eigenvalue weighted by Gasteiger charge is 2.17. The highest BCUT2D eigenvalue weighted by Crippen LogP contribution is 2.22. The van der Waals surface area contributed by atoms with Crippen molar-refractivity contribution in [3.05, 3.63) is 54.0 Å². The van der Waals surface area contributed by atoms with Crippen molar-refractivity contribution in [2.75, 3.05) is 16.8 Å². The van der Waals surface area contributed by atoms with Gasteiger partial charge in [0.15, 0.2) is 0 Å². The molecule has 0 saturated carbocycles. The third kappa shape index (κ3) is 3.76. The highest BCUT2D eigenvalue weighted by atomic mass is 32.2. The van der Waals surface area contributed by atoms with Gasteiger partial charge in [0, 0.05) is 23.7 Å². The minimum atomic E-state index is -0.341. The van der Waals surface area contributed by atoms with E-state index in [2.05, 4.69) is 10.3 Å². The minimum absolute atomic E-state index is 0.205. The zero-order valence-electron chi connectivity index (χ0n) is 11.8. The summed E-state index contributed by atoms with van der Waals surface area (Å²) in [5.74, 6) is 2.00. The lowest BCUT2D eigenvalue weighted by Gasteiger charge is -2.11. The number of hydrogen-bond acceptors (Lipinski definition) is 4. The summed E-state index contributed by atoms with van der Waals surface area (Å²) in [5.41, 5.74) is 0.965. The van der Waals surface area contributed by atoms with E-state index in [1.54, 1.807) is 12.1 Å². The second kappa shape index (κ2) is 6.79. The number of hydrogen-bond donors (Lipinski definition) is 1. The van der Waals surface area contributed by atoms with E-state index in [0.717, 1.165) is 17.9 Å². The molecule has 6 heteroatoms. The number of aromatic nitrogens is 1. The van der Waals surface area contributed by atoms with E-state index in [1.807, 2.05) is 11.8 Å². The van der Waals surface area contributed by atoms with Gasteiger partial charge in [-0.05, 0) is 42.5 Å². The quantitative estimate of drug-likeness (QED) is 0.939. The monoisotopic (exact) mass is 318 g/mol. The molecule has 0 radical (unpaired) electrons. The molecule has 1 aliphatic heterocycles. The smallest absolute Gasteiger partial charge is 0.257 e. The Morgan fingerprint density at radius 3 is 2.73 bits per heavy atom. The van der Waals surface area contributed by atoms with E-state index in [4.69, 9.17) is 4.74 Å². The average Bonchev–Trinajstić information content (AvgIpc) is 3.03. The molecule has 1 aromatic carbocycles. The van der Waals surface area contributed by atoms with E-state index in [9.17, 15) is 9.18 Å². The first kappa shape index (κ1) is 14.8. The Labute approximate surface area is 132 Å². The fourth-order valence-electron chi connectivity index (χ4n) is 2.10. The first-order valence-corrected chi connectivity index (χ1v) is 8.13. The van der Waals surface area contributed by atoms with E-state index >= 15 is 0 Å². The van der Waals surface area contributed by atoms with E-state index < -0.39 is 0 Å². The largest absolute Gasteiger partial charge is 0.473 e. The van der Waals surface area contributed by atoms with Gasteiger partial charge in [0.05, 0.1) is 5.56 Å². The van der Waals surface area contributed by atoms with Crippen molar-refractivity contribution in [1.82, 2.24) is 4.98 Å². The Balaban J connectivity index is 1.61. The summed E-state index contributed by atoms with van der Waals surface area (Å²) >= 11 is 1.87. The molecule has 0 bridgehead atoms. The molecule has 1 amide bonds. The first-order valence-electron chi connectivity index (χ1n) is 6.98. The molecule has 0 aliphatic carbocycles. The Morgan fingerprint density at radius 2 is 2.09 bits per heavy atom. The molecule has 1 fully saturated rings. The lowest BCUT2D eigenvalue weighted by molar-refractivity contribution is 0.102. The van der Waals surface area contributed by atoms with Crippen molar-refractivity contribution in [1.29, 1.82) is 0 Å². The number of ether oxygens (including phenoxy) is 1. The lowest BCUT2D eigenvalue weighted by atomic mass is 10.2. The number of rotatable bonds is 4. The van der Waals surface area contributed by atoms with Gasteiger partial charge in [0.2, 0.25) is 5.88 Å². The number of nitrogens with one attached hydrogen (secondary N) is 1. The third-order valence-corrected chi connectivity index (χ3v) is 4.41. The molecule has 1 N–H and O–H groups in total. The van der Waals surface area contributed by atoms with Crippen molar-refractivity contribution in [2.45, 2.75) is 12.5 Å².